The highest BCUT2D eigenvalue weighted by Crippen LogP contribution is 2.36. The van der Waals surface area contributed by atoms with Gasteiger partial charge in [-0.05, 0) is 81.2 Å². The van der Waals surface area contributed by atoms with Crippen LogP contribution in [0.3, 0.4) is 0 Å². The van der Waals surface area contributed by atoms with Gasteiger partial charge in [-0.15, -0.1) is 0 Å². The van der Waals surface area contributed by atoms with Crippen molar-refractivity contribution in [1.82, 2.24) is 14.5 Å². The average Bonchev–Trinajstić information content (AvgIpc) is 3.53. The van der Waals surface area contributed by atoms with E-state index in [0.717, 1.165) is 44.7 Å². The predicted octanol–water partition coefficient (Wildman–Crippen LogP) is 12.5. The quantitative estimate of drug-likeness (QED) is 0.186. The van der Waals surface area contributed by atoms with Crippen LogP contribution in [0.4, 0.5) is 0 Å². The fourth-order valence-corrected chi connectivity index (χ4v) is 7.42. The fraction of sp³-hybridized carbons (Fsp3) is 0. The number of para-hydroxylation sites is 1. The summed E-state index contributed by atoms with van der Waals surface area (Å²) in [6, 6.07) is 66.8. The minimum atomic E-state index is 0.701. The minimum Gasteiger partial charge on any atom is -0.309 e. The molecule has 3 nitrogen and oxygen atoms in total. The van der Waals surface area contributed by atoms with Crippen LogP contribution >= 0.6 is 0 Å². The Labute approximate surface area is 295 Å². The first kappa shape index (κ1) is 29.1. The second kappa shape index (κ2) is 11.9. The normalized spacial score (nSPS) is 11.5. The van der Waals surface area contributed by atoms with E-state index in [4.69, 9.17) is 9.97 Å². The zero-order chi connectivity index (χ0) is 33.7. The van der Waals surface area contributed by atoms with Gasteiger partial charge in [-0.3, -0.25) is 0 Å². The average molecular weight is 650 g/mol. The summed E-state index contributed by atoms with van der Waals surface area (Å²) < 4.78 is 2.40. The van der Waals surface area contributed by atoms with Gasteiger partial charge in [-0.2, -0.15) is 0 Å². The fourth-order valence-electron chi connectivity index (χ4n) is 7.42. The van der Waals surface area contributed by atoms with Crippen molar-refractivity contribution in [3.05, 3.63) is 188 Å². The molecule has 0 amide bonds. The van der Waals surface area contributed by atoms with Gasteiger partial charge in [-0.1, -0.05) is 140 Å². The lowest BCUT2D eigenvalue weighted by atomic mass is 10.0. The Morgan fingerprint density at radius 2 is 0.961 bits per heavy atom. The predicted molar refractivity (Wildman–Crippen MR) is 213 cm³/mol. The SMILES string of the molecule is c1ccc(-c2cccc(-c3cc(-c4ccccc4)nc(-c4ccc5ccc(-n6c7ccccc7c7cc8ccccc8cc76)cc5c4)n3)c2)cc1. The number of benzene rings is 8. The second-order valence-electron chi connectivity index (χ2n) is 13.1. The molecule has 0 unspecified atom stereocenters. The largest absolute Gasteiger partial charge is 0.309 e. The lowest BCUT2D eigenvalue weighted by Gasteiger charge is -2.12. The Balaban J connectivity index is 1.14. The van der Waals surface area contributed by atoms with Crippen LogP contribution in [-0.2, 0) is 0 Å². The lowest BCUT2D eigenvalue weighted by Crippen LogP contribution is -1.97. The van der Waals surface area contributed by atoms with E-state index < -0.39 is 0 Å². The van der Waals surface area contributed by atoms with Crippen molar-refractivity contribution in [3.8, 4) is 50.7 Å². The third-order valence-corrected chi connectivity index (χ3v) is 9.94. The van der Waals surface area contributed by atoms with E-state index in [-0.39, 0.29) is 0 Å². The van der Waals surface area contributed by atoms with Gasteiger partial charge < -0.3 is 4.57 Å². The Morgan fingerprint density at radius 1 is 0.314 bits per heavy atom. The molecule has 2 aromatic heterocycles. The highest BCUT2D eigenvalue weighted by Gasteiger charge is 2.15. The third kappa shape index (κ3) is 5.15. The van der Waals surface area contributed by atoms with Gasteiger partial charge in [0, 0.05) is 33.2 Å². The Morgan fingerprint density at radius 3 is 1.78 bits per heavy atom. The molecule has 0 saturated carbocycles. The molecule has 0 fully saturated rings. The van der Waals surface area contributed by atoms with Crippen molar-refractivity contribution in [2.45, 2.75) is 0 Å². The lowest BCUT2D eigenvalue weighted by molar-refractivity contribution is 1.18. The molecule has 0 aliphatic rings. The van der Waals surface area contributed by atoms with Crippen LogP contribution in [0.2, 0.25) is 0 Å². The highest BCUT2D eigenvalue weighted by atomic mass is 15.0. The molecule has 238 valence electrons. The molecule has 0 bridgehead atoms. The van der Waals surface area contributed by atoms with Gasteiger partial charge in [0.25, 0.3) is 0 Å². The maximum absolute atomic E-state index is 5.21. The van der Waals surface area contributed by atoms with Crippen LogP contribution in [-0.4, -0.2) is 14.5 Å². The molecule has 3 heteroatoms. The topological polar surface area (TPSA) is 30.7 Å². The number of nitrogens with zero attached hydrogens (tertiary/aromatic N) is 3. The van der Waals surface area contributed by atoms with E-state index in [1.165, 1.54) is 43.5 Å². The third-order valence-electron chi connectivity index (χ3n) is 9.94. The van der Waals surface area contributed by atoms with E-state index in [2.05, 4.69) is 180 Å². The maximum atomic E-state index is 5.21. The van der Waals surface area contributed by atoms with Crippen molar-refractivity contribution >= 4 is 43.4 Å². The Bertz CT molecular complexity index is 2910. The zero-order valence-corrected chi connectivity index (χ0v) is 27.7. The van der Waals surface area contributed by atoms with Crippen molar-refractivity contribution in [1.29, 1.82) is 0 Å². The van der Waals surface area contributed by atoms with Gasteiger partial charge in [0.05, 0.1) is 22.4 Å². The van der Waals surface area contributed by atoms with Gasteiger partial charge in [0.15, 0.2) is 5.82 Å². The summed E-state index contributed by atoms with van der Waals surface area (Å²) in [6.45, 7) is 0. The number of rotatable bonds is 5. The molecular formula is C48H31N3. The second-order valence-corrected chi connectivity index (χ2v) is 13.1. The van der Waals surface area contributed by atoms with E-state index in [1.807, 2.05) is 12.1 Å². The van der Waals surface area contributed by atoms with Crippen LogP contribution in [0.25, 0.3) is 94.1 Å². The first-order chi connectivity index (χ1) is 25.2. The number of hydrogen-bond acceptors (Lipinski definition) is 2. The van der Waals surface area contributed by atoms with Crippen molar-refractivity contribution < 1.29 is 0 Å². The smallest absolute Gasteiger partial charge is 0.160 e. The number of fused-ring (bicyclic) bond motifs is 5. The van der Waals surface area contributed by atoms with E-state index in [0.29, 0.717) is 5.82 Å². The van der Waals surface area contributed by atoms with Gasteiger partial charge in [-0.25, -0.2) is 9.97 Å². The molecule has 0 spiro atoms. The molecule has 0 N–H and O–H groups in total. The van der Waals surface area contributed by atoms with E-state index in [9.17, 15) is 0 Å². The summed E-state index contributed by atoms with van der Waals surface area (Å²) in [5.41, 5.74) is 10.7. The molecule has 0 aliphatic heterocycles. The first-order valence-electron chi connectivity index (χ1n) is 17.3. The first-order valence-corrected chi connectivity index (χ1v) is 17.3. The van der Waals surface area contributed by atoms with Crippen LogP contribution in [0.15, 0.2) is 188 Å². The van der Waals surface area contributed by atoms with Gasteiger partial charge >= 0.3 is 0 Å². The molecule has 10 rings (SSSR count). The Hall–Kier alpha value is -6.84. The molecular weight excluding hydrogens is 619 g/mol. The molecule has 10 aromatic rings. The summed E-state index contributed by atoms with van der Waals surface area (Å²) in [5.74, 6) is 0.701. The standard InChI is InChI=1S/C48H31N3/c1-3-12-32(13-4-1)35-18-11-19-38(26-35)45-31-44(34-14-5-2-6-15-34)49-48(50-45)39-23-22-33-24-25-41(28-40(33)27-39)51-46-21-10-9-20-42(46)43-29-36-16-7-8-17-37(36)30-47(43)51/h1-31H. The maximum Gasteiger partial charge on any atom is 0.160 e. The molecule has 2 heterocycles. The summed E-state index contributed by atoms with van der Waals surface area (Å²) in [6.07, 6.45) is 0. The number of aromatic nitrogens is 3. The van der Waals surface area contributed by atoms with E-state index >= 15 is 0 Å². The molecule has 8 aromatic carbocycles. The van der Waals surface area contributed by atoms with Crippen molar-refractivity contribution in [3.63, 3.8) is 0 Å². The molecule has 51 heavy (non-hydrogen) atoms. The summed E-state index contributed by atoms with van der Waals surface area (Å²) in [5, 5.41) is 7.30. The molecule has 0 saturated heterocycles. The van der Waals surface area contributed by atoms with Crippen LogP contribution < -0.4 is 0 Å². The summed E-state index contributed by atoms with van der Waals surface area (Å²) in [7, 11) is 0. The molecule has 0 radical (unpaired) electrons. The van der Waals surface area contributed by atoms with Crippen LogP contribution in [0, 0.1) is 0 Å². The monoisotopic (exact) mass is 649 g/mol. The highest BCUT2D eigenvalue weighted by molar-refractivity contribution is 6.13. The molecule has 0 atom stereocenters. The van der Waals surface area contributed by atoms with Gasteiger partial charge in [0.1, 0.15) is 0 Å². The zero-order valence-electron chi connectivity index (χ0n) is 27.7. The van der Waals surface area contributed by atoms with Crippen LogP contribution in [0.5, 0.6) is 0 Å². The summed E-state index contributed by atoms with van der Waals surface area (Å²) >= 11 is 0. The van der Waals surface area contributed by atoms with Crippen molar-refractivity contribution in [2.75, 3.05) is 0 Å². The van der Waals surface area contributed by atoms with Crippen LogP contribution in [0.1, 0.15) is 0 Å². The Kier molecular flexibility index (Phi) is 6.81. The van der Waals surface area contributed by atoms with Gasteiger partial charge in [0.2, 0.25) is 0 Å². The summed E-state index contributed by atoms with van der Waals surface area (Å²) in [4.78, 5) is 10.4. The van der Waals surface area contributed by atoms with Crippen molar-refractivity contribution in [2.24, 2.45) is 0 Å². The van der Waals surface area contributed by atoms with E-state index in [1.54, 1.807) is 0 Å². The minimum absolute atomic E-state index is 0.701. The number of hydrogen-bond donors (Lipinski definition) is 0. The molecule has 0 aliphatic carbocycles.